The number of carbonyl (C=O) groups excluding carboxylic acids is 1. The number of hydrogen-bond acceptors (Lipinski definition) is 2. The molecule has 0 aromatic heterocycles. The minimum atomic E-state index is 0.257. The number of ketones is 1. The first-order valence-corrected chi connectivity index (χ1v) is 5.56. The van der Waals surface area contributed by atoms with Gasteiger partial charge in [-0.15, -0.1) is 0 Å². The van der Waals surface area contributed by atoms with Crippen LogP contribution in [0.25, 0.3) is 0 Å². The molecule has 0 amide bonds. The fourth-order valence-electron chi connectivity index (χ4n) is 1.66. The van der Waals surface area contributed by atoms with Gasteiger partial charge in [-0.3, -0.25) is 4.79 Å². The topological polar surface area (TPSA) is 29.6 Å². The molecule has 2 rings (SSSR count). The summed E-state index contributed by atoms with van der Waals surface area (Å²) in [7, 11) is 0. The monoisotopic (exact) mass is 204 g/mol. The summed E-state index contributed by atoms with van der Waals surface area (Å²) in [5.41, 5.74) is 0.833. The van der Waals surface area contributed by atoms with E-state index in [2.05, 4.69) is 0 Å². The number of rotatable bonds is 6. The summed E-state index contributed by atoms with van der Waals surface area (Å²) in [6, 6.07) is 9.51. The third-order valence-electron chi connectivity index (χ3n) is 2.68. The van der Waals surface area contributed by atoms with Crippen molar-refractivity contribution < 1.29 is 9.53 Å². The van der Waals surface area contributed by atoms with Crippen LogP contribution in [0, 0.1) is 0 Å². The number of epoxide rings is 1. The van der Waals surface area contributed by atoms with E-state index in [0.717, 1.165) is 31.4 Å². The summed E-state index contributed by atoms with van der Waals surface area (Å²) >= 11 is 0. The molecule has 1 aromatic carbocycles. The fourth-order valence-corrected chi connectivity index (χ4v) is 1.66. The molecule has 0 spiro atoms. The van der Waals surface area contributed by atoms with Crippen molar-refractivity contribution in [1.29, 1.82) is 0 Å². The van der Waals surface area contributed by atoms with Gasteiger partial charge >= 0.3 is 0 Å². The highest BCUT2D eigenvalue weighted by atomic mass is 16.6. The Labute approximate surface area is 90.3 Å². The van der Waals surface area contributed by atoms with Gasteiger partial charge in [-0.1, -0.05) is 36.8 Å². The van der Waals surface area contributed by atoms with Gasteiger partial charge in [-0.25, -0.2) is 0 Å². The van der Waals surface area contributed by atoms with Gasteiger partial charge in [0, 0.05) is 12.0 Å². The lowest BCUT2D eigenvalue weighted by molar-refractivity contribution is 0.0979. The quantitative estimate of drug-likeness (QED) is 0.405. The van der Waals surface area contributed by atoms with Crippen LogP contribution in [0.3, 0.4) is 0 Å². The van der Waals surface area contributed by atoms with Crippen LogP contribution in [-0.2, 0) is 4.74 Å². The standard InChI is InChI=1S/C13H16O2/c14-13(11-6-2-1-3-7-11)9-5-4-8-12-10-15-12/h1-3,6-7,12H,4-5,8-10H2. The van der Waals surface area contributed by atoms with Crippen molar-refractivity contribution in [3.63, 3.8) is 0 Å². The van der Waals surface area contributed by atoms with Gasteiger partial charge in [0.1, 0.15) is 0 Å². The second-order valence-electron chi connectivity index (χ2n) is 3.99. The number of hydrogen-bond donors (Lipinski definition) is 0. The van der Waals surface area contributed by atoms with Crippen LogP contribution < -0.4 is 0 Å². The maximum Gasteiger partial charge on any atom is 0.162 e. The zero-order valence-corrected chi connectivity index (χ0v) is 8.82. The van der Waals surface area contributed by atoms with Crippen LogP contribution in [0.5, 0.6) is 0 Å². The maximum atomic E-state index is 11.7. The number of benzene rings is 1. The number of ether oxygens (including phenoxy) is 1. The molecular formula is C13H16O2. The van der Waals surface area contributed by atoms with Gasteiger partial charge in [-0.05, 0) is 12.8 Å². The smallest absolute Gasteiger partial charge is 0.162 e. The van der Waals surface area contributed by atoms with Crippen LogP contribution in [0.15, 0.2) is 30.3 Å². The van der Waals surface area contributed by atoms with E-state index in [1.165, 1.54) is 0 Å². The zero-order chi connectivity index (χ0) is 10.5. The molecule has 1 heterocycles. The Balaban J connectivity index is 1.67. The Morgan fingerprint density at radius 1 is 1.27 bits per heavy atom. The van der Waals surface area contributed by atoms with E-state index >= 15 is 0 Å². The van der Waals surface area contributed by atoms with Crippen molar-refractivity contribution in [2.75, 3.05) is 6.61 Å². The van der Waals surface area contributed by atoms with Crippen molar-refractivity contribution in [3.8, 4) is 0 Å². The van der Waals surface area contributed by atoms with E-state index in [1.807, 2.05) is 30.3 Å². The first-order valence-electron chi connectivity index (χ1n) is 5.56. The Hall–Kier alpha value is -1.15. The predicted molar refractivity (Wildman–Crippen MR) is 59.0 cm³/mol. The molecule has 1 unspecified atom stereocenters. The number of carbonyl (C=O) groups is 1. The molecule has 1 saturated heterocycles. The van der Waals surface area contributed by atoms with E-state index in [1.54, 1.807) is 0 Å². The largest absolute Gasteiger partial charge is 0.373 e. The molecule has 15 heavy (non-hydrogen) atoms. The molecule has 0 saturated carbocycles. The lowest BCUT2D eigenvalue weighted by atomic mass is 10.0. The molecule has 0 bridgehead atoms. The third-order valence-corrected chi connectivity index (χ3v) is 2.68. The summed E-state index contributed by atoms with van der Waals surface area (Å²) < 4.78 is 5.12. The van der Waals surface area contributed by atoms with Crippen LogP contribution >= 0.6 is 0 Å². The number of Topliss-reactive ketones (excluding diaryl/α,β-unsaturated/α-hetero) is 1. The van der Waals surface area contributed by atoms with E-state index in [4.69, 9.17) is 4.74 Å². The Morgan fingerprint density at radius 2 is 2.00 bits per heavy atom. The van der Waals surface area contributed by atoms with Gasteiger partial charge < -0.3 is 4.74 Å². The second kappa shape index (κ2) is 5.08. The molecule has 1 aliphatic heterocycles. The molecule has 1 atom stereocenters. The van der Waals surface area contributed by atoms with Gasteiger partial charge in [-0.2, -0.15) is 0 Å². The highest BCUT2D eigenvalue weighted by Crippen LogP contribution is 2.17. The van der Waals surface area contributed by atoms with E-state index < -0.39 is 0 Å². The van der Waals surface area contributed by atoms with Crippen molar-refractivity contribution in [3.05, 3.63) is 35.9 Å². The van der Waals surface area contributed by atoms with Crippen molar-refractivity contribution in [1.82, 2.24) is 0 Å². The summed E-state index contributed by atoms with van der Waals surface area (Å²) in [6.45, 7) is 0.923. The minimum Gasteiger partial charge on any atom is -0.373 e. The second-order valence-corrected chi connectivity index (χ2v) is 3.99. The van der Waals surface area contributed by atoms with E-state index in [0.29, 0.717) is 12.5 Å². The normalized spacial score (nSPS) is 18.8. The SMILES string of the molecule is O=C(CCCCC1CO1)c1ccccc1. The molecule has 2 nitrogen and oxygen atoms in total. The van der Waals surface area contributed by atoms with Crippen LogP contribution in [0.2, 0.25) is 0 Å². The molecular weight excluding hydrogens is 188 g/mol. The average Bonchev–Trinajstić information content (AvgIpc) is 3.09. The van der Waals surface area contributed by atoms with Gasteiger partial charge in [0.15, 0.2) is 5.78 Å². The first-order chi connectivity index (χ1) is 7.36. The first kappa shape index (κ1) is 10.4. The Kier molecular flexibility index (Phi) is 3.51. The average molecular weight is 204 g/mol. The van der Waals surface area contributed by atoms with Gasteiger partial charge in [0.25, 0.3) is 0 Å². The van der Waals surface area contributed by atoms with Crippen molar-refractivity contribution >= 4 is 5.78 Å². The summed E-state index contributed by atoms with van der Waals surface area (Å²) in [4.78, 5) is 11.7. The molecule has 0 N–H and O–H groups in total. The maximum absolute atomic E-state index is 11.7. The molecule has 0 aliphatic carbocycles. The lowest BCUT2D eigenvalue weighted by Crippen LogP contribution is -1.98. The molecule has 80 valence electrons. The van der Waals surface area contributed by atoms with Gasteiger partial charge in [0.05, 0.1) is 12.7 Å². The molecule has 0 radical (unpaired) electrons. The van der Waals surface area contributed by atoms with E-state index in [9.17, 15) is 4.79 Å². The zero-order valence-electron chi connectivity index (χ0n) is 8.82. The molecule has 1 fully saturated rings. The third kappa shape index (κ3) is 3.48. The molecule has 1 aliphatic rings. The lowest BCUT2D eigenvalue weighted by Gasteiger charge is -2.00. The Morgan fingerprint density at radius 3 is 2.67 bits per heavy atom. The number of unbranched alkanes of at least 4 members (excludes halogenated alkanes) is 1. The van der Waals surface area contributed by atoms with Crippen LogP contribution in [-0.4, -0.2) is 18.5 Å². The van der Waals surface area contributed by atoms with Crippen molar-refractivity contribution in [2.45, 2.75) is 31.8 Å². The molecule has 1 aromatic rings. The summed E-state index contributed by atoms with van der Waals surface area (Å²) in [5.74, 6) is 0.257. The van der Waals surface area contributed by atoms with Crippen LogP contribution in [0.4, 0.5) is 0 Å². The summed E-state index contributed by atoms with van der Waals surface area (Å²) in [6.07, 6.45) is 4.35. The predicted octanol–water partition coefficient (Wildman–Crippen LogP) is 2.83. The highest BCUT2D eigenvalue weighted by molar-refractivity contribution is 5.95. The fraction of sp³-hybridized carbons (Fsp3) is 0.462. The summed E-state index contributed by atoms with van der Waals surface area (Å²) in [5, 5.41) is 0. The molecule has 2 heteroatoms. The van der Waals surface area contributed by atoms with Crippen molar-refractivity contribution in [2.24, 2.45) is 0 Å². The van der Waals surface area contributed by atoms with Crippen LogP contribution in [0.1, 0.15) is 36.0 Å². The minimum absolute atomic E-state index is 0.257. The van der Waals surface area contributed by atoms with E-state index in [-0.39, 0.29) is 5.78 Å². The highest BCUT2D eigenvalue weighted by Gasteiger charge is 2.21. The van der Waals surface area contributed by atoms with Gasteiger partial charge in [0.2, 0.25) is 0 Å². The Bertz CT molecular complexity index is 315.